The molecule has 1 aromatic heterocycles. The van der Waals surface area contributed by atoms with Crippen molar-refractivity contribution in [2.45, 2.75) is 32.2 Å². The maximum atomic E-state index is 14.8. The largest absolute Gasteiger partial charge is 0.364 e. The molecule has 0 radical (unpaired) electrons. The van der Waals surface area contributed by atoms with Crippen molar-refractivity contribution in [3.8, 4) is 0 Å². The molecule has 0 aliphatic carbocycles. The van der Waals surface area contributed by atoms with Crippen LogP contribution in [-0.4, -0.2) is 21.9 Å². The molecule has 146 valence electrons. The zero-order valence-electron chi connectivity index (χ0n) is 15.2. The topological polar surface area (TPSA) is 63.1 Å². The Morgan fingerprint density at radius 2 is 1.78 bits per heavy atom. The van der Waals surface area contributed by atoms with E-state index in [2.05, 4.69) is 10.6 Å². The molecule has 0 fully saturated rings. The molecule has 5 nitrogen and oxygen atoms in total. The second-order valence-corrected chi connectivity index (χ2v) is 7.46. The Morgan fingerprint density at radius 3 is 2.33 bits per heavy atom. The van der Waals surface area contributed by atoms with E-state index >= 15 is 0 Å². The average Bonchev–Trinajstić information content (AvgIpc) is 2.91. The van der Waals surface area contributed by atoms with Crippen LogP contribution in [-0.2, 0) is 17.8 Å². The number of aryl methyl sites for hydroxylation is 1. The first-order chi connectivity index (χ1) is 12.3. The molecule has 0 saturated heterocycles. The summed E-state index contributed by atoms with van der Waals surface area (Å²) in [5, 5.41) is 4.36. The van der Waals surface area contributed by atoms with Gasteiger partial charge in [0, 0.05) is 24.5 Å². The lowest BCUT2D eigenvalue weighted by Crippen LogP contribution is -2.48. The molecule has 2 amide bonds. The summed E-state index contributed by atoms with van der Waals surface area (Å²) in [5.41, 5.74) is -1.88. The van der Waals surface area contributed by atoms with Crippen LogP contribution in [0.15, 0.2) is 30.5 Å². The van der Waals surface area contributed by atoms with E-state index in [9.17, 15) is 22.8 Å². The second kappa shape index (κ2) is 7.26. The van der Waals surface area contributed by atoms with Gasteiger partial charge in [-0.25, -0.2) is 4.39 Å². The maximum Gasteiger partial charge on any atom is 0.364 e. The molecule has 27 heavy (non-hydrogen) atoms. The number of halogens is 4. The Labute approximate surface area is 159 Å². The zero-order chi connectivity index (χ0) is 20.6. The number of rotatable bonds is 4. The SMILES string of the molecule is Cn1ccc(C(=O)Nc2ccc(F)c(Cl)c2)c1C(F)(F)C(=O)NC(C)(C)C. The molecule has 0 spiro atoms. The van der Waals surface area contributed by atoms with Crippen molar-refractivity contribution in [2.75, 3.05) is 5.32 Å². The van der Waals surface area contributed by atoms with Crippen LogP contribution >= 0.6 is 11.6 Å². The number of nitrogens with one attached hydrogen (secondary N) is 2. The van der Waals surface area contributed by atoms with Crippen LogP contribution < -0.4 is 10.6 Å². The van der Waals surface area contributed by atoms with Crippen LogP contribution in [0.25, 0.3) is 0 Å². The van der Waals surface area contributed by atoms with Crippen LogP contribution in [0, 0.1) is 5.82 Å². The molecule has 2 N–H and O–H groups in total. The van der Waals surface area contributed by atoms with E-state index in [1.54, 1.807) is 20.8 Å². The summed E-state index contributed by atoms with van der Waals surface area (Å²) in [6, 6.07) is 4.61. The van der Waals surface area contributed by atoms with Crippen LogP contribution in [0.3, 0.4) is 0 Å². The van der Waals surface area contributed by atoms with Crippen molar-refractivity contribution in [3.05, 3.63) is 52.6 Å². The van der Waals surface area contributed by atoms with Crippen molar-refractivity contribution >= 4 is 29.1 Å². The summed E-state index contributed by atoms with van der Waals surface area (Å²) in [4.78, 5) is 24.6. The number of nitrogens with zero attached hydrogens (tertiary/aromatic N) is 1. The van der Waals surface area contributed by atoms with E-state index in [-0.39, 0.29) is 16.3 Å². The van der Waals surface area contributed by atoms with Crippen molar-refractivity contribution in [1.29, 1.82) is 0 Å². The minimum absolute atomic E-state index is 0.128. The molecule has 1 aromatic carbocycles. The number of hydrogen-bond acceptors (Lipinski definition) is 2. The highest BCUT2D eigenvalue weighted by Gasteiger charge is 2.47. The lowest BCUT2D eigenvalue weighted by atomic mass is 10.1. The third-order valence-corrected chi connectivity index (χ3v) is 3.86. The number of carbonyl (C=O) groups excluding carboxylic acids is 2. The fourth-order valence-electron chi connectivity index (χ4n) is 2.40. The molecule has 9 heteroatoms. The summed E-state index contributed by atoms with van der Waals surface area (Å²) in [6.45, 7) is 4.70. The lowest BCUT2D eigenvalue weighted by Gasteiger charge is -2.25. The van der Waals surface area contributed by atoms with Gasteiger partial charge in [-0.15, -0.1) is 0 Å². The van der Waals surface area contributed by atoms with Gasteiger partial charge in [-0.2, -0.15) is 8.78 Å². The van der Waals surface area contributed by atoms with Crippen molar-refractivity contribution < 1.29 is 22.8 Å². The third-order valence-electron chi connectivity index (χ3n) is 3.57. The first-order valence-corrected chi connectivity index (χ1v) is 8.33. The number of benzene rings is 1. The van der Waals surface area contributed by atoms with Crippen molar-refractivity contribution in [2.24, 2.45) is 7.05 Å². The summed E-state index contributed by atoms with van der Waals surface area (Å²) >= 11 is 5.65. The second-order valence-electron chi connectivity index (χ2n) is 7.05. The third kappa shape index (κ3) is 4.63. The van der Waals surface area contributed by atoms with Gasteiger partial charge in [0.05, 0.1) is 10.6 Å². The van der Waals surface area contributed by atoms with E-state index in [0.29, 0.717) is 0 Å². The van der Waals surface area contributed by atoms with E-state index < -0.39 is 34.8 Å². The van der Waals surface area contributed by atoms with Gasteiger partial charge in [-0.05, 0) is 45.0 Å². The number of carbonyl (C=O) groups is 2. The fraction of sp³-hybridized carbons (Fsp3) is 0.333. The predicted octanol–water partition coefficient (Wildman–Crippen LogP) is 4.08. The van der Waals surface area contributed by atoms with Crippen LogP contribution in [0.4, 0.5) is 18.9 Å². The number of hydrogen-bond donors (Lipinski definition) is 2. The Morgan fingerprint density at radius 1 is 1.15 bits per heavy atom. The lowest BCUT2D eigenvalue weighted by molar-refractivity contribution is -0.149. The van der Waals surface area contributed by atoms with E-state index in [0.717, 1.165) is 16.7 Å². The smallest absolute Gasteiger partial charge is 0.348 e. The van der Waals surface area contributed by atoms with E-state index in [1.165, 1.54) is 25.4 Å². The van der Waals surface area contributed by atoms with E-state index in [4.69, 9.17) is 11.6 Å². The van der Waals surface area contributed by atoms with Crippen molar-refractivity contribution in [1.82, 2.24) is 9.88 Å². The predicted molar refractivity (Wildman–Crippen MR) is 96.6 cm³/mol. The Hall–Kier alpha value is -2.48. The minimum Gasteiger partial charge on any atom is -0.348 e. The van der Waals surface area contributed by atoms with Gasteiger partial charge in [-0.1, -0.05) is 11.6 Å². The Kier molecular flexibility index (Phi) is 5.60. The van der Waals surface area contributed by atoms with Gasteiger partial charge in [0.2, 0.25) is 0 Å². The highest BCUT2D eigenvalue weighted by atomic mass is 35.5. The summed E-state index contributed by atoms with van der Waals surface area (Å²) in [5.74, 6) is -7.02. The molecule has 0 aliphatic rings. The highest BCUT2D eigenvalue weighted by molar-refractivity contribution is 6.31. The molecule has 0 bridgehead atoms. The first kappa shape index (κ1) is 20.8. The summed E-state index contributed by atoms with van der Waals surface area (Å²) < 4.78 is 43.8. The Balaban J connectivity index is 2.35. The first-order valence-electron chi connectivity index (χ1n) is 7.95. The number of anilines is 1. The average molecular weight is 402 g/mol. The van der Waals surface area contributed by atoms with Gasteiger partial charge in [0.15, 0.2) is 0 Å². The van der Waals surface area contributed by atoms with Gasteiger partial charge in [0.25, 0.3) is 11.8 Å². The quantitative estimate of drug-likeness (QED) is 0.811. The molecule has 2 rings (SSSR count). The highest BCUT2D eigenvalue weighted by Crippen LogP contribution is 2.32. The van der Waals surface area contributed by atoms with E-state index in [1.807, 2.05) is 0 Å². The molecule has 0 unspecified atom stereocenters. The molecule has 0 atom stereocenters. The number of aromatic nitrogens is 1. The van der Waals surface area contributed by atoms with Gasteiger partial charge >= 0.3 is 5.92 Å². The molecule has 0 saturated carbocycles. The maximum absolute atomic E-state index is 14.8. The molecule has 0 aliphatic heterocycles. The van der Waals surface area contributed by atoms with Crippen molar-refractivity contribution in [3.63, 3.8) is 0 Å². The normalized spacial score (nSPS) is 12.0. The van der Waals surface area contributed by atoms with Gasteiger partial charge < -0.3 is 15.2 Å². The molecular weight excluding hydrogens is 383 g/mol. The molecular formula is C18H19ClF3N3O2. The molecule has 2 aromatic rings. The van der Waals surface area contributed by atoms with Crippen LogP contribution in [0.1, 0.15) is 36.8 Å². The van der Waals surface area contributed by atoms with Crippen LogP contribution in [0.2, 0.25) is 5.02 Å². The minimum atomic E-state index is -3.95. The standard InChI is InChI=1S/C18H19ClF3N3O2/c1-17(2,3)24-16(27)18(21,22)14-11(7-8-25(14)4)15(26)23-10-5-6-13(20)12(19)9-10/h5-9H,1-4H3,(H,23,26)(H,24,27). The summed E-state index contributed by atoms with van der Waals surface area (Å²) in [6.07, 6.45) is 1.25. The zero-order valence-corrected chi connectivity index (χ0v) is 15.9. The number of amides is 2. The summed E-state index contributed by atoms with van der Waals surface area (Å²) in [7, 11) is 1.30. The fourth-order valence-corrected chi connectivity index (χ4v) is 2.58. The number of alkyl halides is 2. The molecule has 1 heterocycles. The van der Waals surface area contributed by atoms with Crippen LogP contribution in [0.5, 0.6) is 0 Å². The van der Waals surface area contributed by atoms with Gasteiger partial charge in [0.1, 0.15) is 11.5 Å². The Bertz CT molecular complexity index is 888. The monoisotopic (exact) mass is 401 g/mol. The van der Waals surface area contributed by atoms with Gasteiger partial charge in [-0.3, -0.25) is 9.59 Å².